The van der Waals surface area contributed by atoms with Gasteiger partial charge in [0.25, 0.3) is 0 Å². The van der Waals surface area contributed by atoms with Crippen LogP contribution in [0.25, 0.3) is 0 Å². The maximum absolute atomic E-state index is 3.80. The number of aryl methyl sites for hydroxylation is 1. The van der Waals surface area contributed by atoms with E-state index >= 15 is 0 Å². The first-order chi connectivity index (χ1) is 4.43. The number of hydrogen-bond donors (Lipinski definition) is 0. The van der Waals surface area contributed by atoms with Crippen molar-refractivity contribution in [1.82, 2.24) is 15.2 Å². The Morgan fingerprint density at radius 1 is 1.67 bits per heavy atom. The van der Waals surface area contributed by atoms with Crippen LogP contribution in [0.2, 0.25) is 0 Å². The smallest absolute Gasteiger partial charge is 0.221 e. The molecule has 3 heteroatoms. The highest BCUT2D eigenvalue weighted by Gasteiger charge is 1.89. The third kappa shape index (κ3) is 1.76. The lowest BCUT2D eigenvalue weighted by Gasteiger charge is -1.90. The van der Waals surface area contributed by atoms with Gasteiger partial charge in [0.05, 0.1) is 11.9 Å². The molecule has 0 spiro atoms. The Labute approximate surface area is 54.2 Å². The van der Waals surface area contributed by atoms with E-state index in [1.807, 2.05) is 0 Å². The molecule has 0 unspecified atom stereocenters. The summed E-state index contributed by atoms with van der Waals surface area (Å²) in [5.74, 6) is 0. The standard InChI is InChI=1S/C6H8N3/c1-2-3-6-4-7-5-8-9-6/h4H,2-3H2,1H3. The topological polar surface area (TPSA) is 38.7 Å². The largest absolute Gasteiger partial charge is 0.230 e. The molecule has 9 heavy (non-hydrogen) atoms. The van der Waals surface area contributed by atoms with Gasteiger partial charge in [0.1, 0.15) is 0 Å². The van der Waals surface area contributed by atoms with Gasteiger partial charge in [0, 0.05) is 0 Å². The van der Waals surface area contributed by atoms with Gasteiger partial charge in [-0.15, -0.1) is 5.10 Å². The summed E-state index contributed by atoms with van der Waals surface area (Å²) >= 11 is 0. The summed E-state index contributed by atoms with van der Waals surface area (Å²) in [6.07, 6.45) is 6.11. The van der Waals surface area contributed by atoms with Crippen LogP contribution in [-0.4, -0.2) is 15.2 Å². The van der Waals surface area contributed by atoms with Crippen LogP contribution in [0.5, 0.6) is 0 Å². The Balaban J connectivity index is 2.61. The number of rotatable bonds is 2. The van der Waals surface area contributed by atoms with Gasteiger partial charge < -0.3 is 0 Å². The van der Waals surface area contributed by atoms with E-state index in [2.05, 4.69) is 28.4 Å². The molecule has 1 radical (unpaired) electrons. The molecule has 1 aromatic heterocycles. The summed E-state index contributed by atoms with van der Waals surface area (Å²) in [7, 11) is 0. The first kappa shape index (κ1) is 6.13. The van der Waals surface area contributed by atoms with E-state index in [1.165, 1.54) is 0 Å². The molecular weight excluding hydrogens is 114 g/mol. The lowest BCUT2D eigenvalue weighted by atomic mass is 10.3. The van der Waals surface area contributed by atoms with E-state index in [1.54, 1.807) is 6.20 Å². The molecule has 3 nitrogen and oxygen atoms in total. The van der Waals surface area contributed by atoms with Crippen LogP contribution in [0.3, 0.4) is 0 Å². The van der Waals surface area contributed by atoms with Gasteiger partial charge in [-0.05, 0) is 6.42 Å². The van der Waals surface area contributed by atoms with Crippen molar-refractivity contribution in [3.63, 3.8) is 0 Å². The summed E-state index contributed by atoms with van der Waals surface area (Å²) in [6.45, 7) is 2.10. The van der Waals surface area contributed by atoms with Crippen LogP contribution in [0, 0.1) is 6.33 Å². The van der Waals surface area contributed by atoms with Crippen molar-refractivity contribution in [3.8, 4) is 0 Å². The van der Waals surface area contributed by atoms with Crippen molar-refractivity contribution in [3.05, 3.63) is 18.2 Å². The lowest BCUT2D eigenvalue weighted by Crippen LogP contribution is -1.92. The SMILES string of the molecule is CCCc1cn[c]nn1. The lowest BCUT2D eigenvalue weighted by molar-refractivity contribution is 0.812. The van der Waals surface area contributed by atoms with Gasteiger partial charge in [-0.2, -0.15) is 5.10 Å². The van der Waals surface area contributed by atoms with Crippen molar-refractivity contribution in [2.75, 3.05) is 0 Å². The highest BCUT2D eigenvalue weighted by Crippen LogP contribution is 1.91. The monoisotopic (exact) mass is 122 g/mol. The van der Waals surface area contributed by atoms with Crippen LogP contribution in [0.4, 0.5) is 0 Å². The van der Waals surface area contributed by atoms with Crippen LogP contribution in [0.15, 0.2) is 6.20 Å². The third-order valence-corrected chi connectivity index (χ3v) is 1.00. The average molecular weight is 122 g/mol. The Kier molecular flexibility index (Phi) is 2.13. The summed E-state index contributed by atoms with van der Waals surface area (Å²) < 4.78 is 0. The zero-order valence-electron chi connectivity index (χ0n) is 5.33. The first-order valence-electron chi connectivity index (χ1n) is 2.98. The third-order valence-electron chi connectivity index (χ3n) is 1.00. The molecule has 0 aliphatic carbocycles. The minimum Gasteiger partial charge on any atom is -0.230 e. The zero-order chi connectivity index (χ0) is 6.53. The second-order valence-electron chi connectivity index (χ2n) is 1.80. The van der Waals surface area contributed by atoms with Crippen LogP contribution in [-0.2, 0) is 6.42 Å². The highest BCUT2D eigenvalue weighted by molar-refractivity contribution is 4.89. The molecule has 0 saturated heterocycles. The second-order valence-corrected chi connectivity index (χ2v) is 1.80. The van der Waals surface area contributed by atoms with Crippen molar-refractivity contribution in [1.29, 1.82) is 0 Å². The minimum absolute atomic E-state index is 0.941. The van der Waals surface area contributed by atoms with Crippen LogP contribution in [0.1, 0.15) is 19.0 Å². The second kappa shape index (κ2) is 3.12. The van der Waals surface area contributed by atoms with Crippen molar-refractivity contribution in [2.24, 2.45) is 0 Å². The molecule has 0 N–H and O–H groups in total. The molecule has 1 aromatic rings. The fourth-order valence-corrected chi connectivity index (χ4v) is 0.612. The molecule has 0 aliphatic heterocycles. The van der Waals surface area contributed by atoms with E-state index in [0.717, 1.165) is 18.5 Å². The number of hydrogen-bond acceptors (Lipinski definition) is 3. The molecular formula is C6H8N3. The Bertz CT molecular complexity index is 161. The van der Waals surface area contributed by atoms with Crippen LogP contribution < -0.4 is 0 Å². The Morgan fingerprint density at radius 2 is 2.56 bits per heavy atom. The van der Waals surface area contributed by atoms with Gasteiger partial charge in [0.2, 0.25) is 6.33 Å². The van der Waals surface area contributed by atoms with Crippen molar-refractivity contribution >= 4 is 0 Å². The van der Waals surface area contributed by atoms with E-state index in [-0.39, 0.29) is 0 Å². The number of aromatic nitrogens is 3. The summed E-state index contributed by atoms with van der Waals surface area (Å²) in [4.78, 5) is 3.70. The molecule has 1 rings (SSSR count). The van der Waals surface area contributed by atoms with E-state index in [9.17, 15) is 0 Å². The molecule has 0 aliphatic rings. The maximum Gasteiger partial charge on any atom is 0.221 e. The number of nitrogens with zero attached hydrogens (tertiary/aromatic N) is 3. The van der Waals surface area contributed by atoms with Crippen molar-refractivity contribution in [2.45, 2.75) is 19.8 Å². The Morgan fingerprint density at radius 3 is 3.11 bits per heavy atom. The van der Waals surface area contributed by atoms with Gasteiger partial charge in [-0.1, -0.05) is 13.3 Å². The molecule has 0 atom stereocenters. The van der Waals surface area contributed by atoms with E-state index in [4.69, 9.17) is 0 Å². The van der Waals surface area contributed by atoms with E-state index < -0.39 is 0 Å². The Hall–Kier alpha value is -0.990. The first-order valence-corrected chi connectivity index (χ1v) is 2.98. The van der Waals surface area contributed by atoms with Crippen LogP contribution >= 0.6 is 0 Å². The molecule has 1 heterocycles. The molecule has 0 aromatic carbocycles. The summed E-state index contributed by atoms with van der Waals surface area (Å²) in [5, 5.41) is 7.32. The van der Waals surface area contributed by atoms with Gasteiger partial charge in [-0.3, -0.25) is 0 Å². The maximum atomic E-state index is 3.80. The molecule has 0 saturated carbocycles. The van der Waals surface area contributed by atoms with Gasteiger partial charge >= 0.3 is 0 Å². The predicted octanol–water partition coefficient (Wildman–Crippen LogP) is 0.624. The fourth-order valence-electron chi connectivity index (χ4n) is 0.612. The van der Waals surface area contributed by atoms with Gasteiger partial charge in [0.15, 0.2) is 0 Å². The average Bonchev–Trinajstić information content (AvgIpc) is 1.91. The summed E-state index contributed by atoms with van der Waals surface area (Å²) in [5.41, 5.74) is 0.941. The normalized spacial score (nSPS) is 9.44. The fraction of sp³-hybridized carbons (Fsp3) is 0.500. The zero-order valence-corrected chi connectivity index (χ0v) is 5.33. The quantitative estimate of drug-likeness (QED) is 0.577. The minimum atomic E-state index is 0.941. The molecule has 0 fully saturated rings. The predicted molar refractivity (Wildman–Crippen MR) is 32.7 cm³/mol. The van der Waals surface area contributed by atoms with Gasteiger partial charge in [-0.25, -0.2) is 4.98 Å². The molecule has 47 valence electrons. The molecule has 0 amide bonds. The highest BCUT2D eigenvalue weighted by atomic mass is 15.1. The van der Waals surface area contributed by atoms with Crippen molar-refractivity contribution < 1.29 is 0 Å². The molecule has 0 bridgehead atoms. The van der Waals surface area contributed by atoms with E-state index in [0.29, 0.717) is 0 Å². The summed E-state index contributed by atoms with van der Waals surface area (Å²) in [6, 6.07) is 0.